The first-order valence-corrected chi connectivity index (χ1v) is 6.70. The van der Waals surface area contributed by atoms with Crippen LogP contribution in [0.3, 0.4) is 0 Å². The van der Waals surface area contributed by atoms with Crippen LogP contribution >= 0.6 is 11.6 Å². The average Bonchev–Trinajstić information content (AvgIpc) is 2.89. The van der Waals surface area contributed by atoms with Gasteiger partial charge in [-0.25, -0.2) is 9.97 Å². The van der Waals surface area contributed by atoms with Crippen molar-refractivity contribution in [3.63, 3.8) is 0 Å². The second kappa shape index (κ2) is 5.83. The minimum Gasteiger partial charge on any atom is -0.369 e. The number of nitrogens with one attached hydrogen (secondary N) is 1. The maximum Gasteiger partial charge on any atom is 0.160 e. The van der Waals surface area contributed by atoms with Crippen LogP contribution in [0.4, 0.5) is 5.82 Å². The third kappa shape index (κ3) is 2.70. The predicted octanol–water partition coefficient (Wildman–Crippen LogP) is 2.22. The summed E-state index contributed by atoms with van der Waals surface area (Å²) in [6.45, 7) is 0.762. The number of hydrogen-bond donors (Lipinski definition) is 1. The van der Waals surface area contributed by atoms with Gasteiger partial charge in [0.2, 0.25) is 0 Å². The fourth-order valence-corrected chi connectivity index (χ4v) is 2.13. The van der Waals surface area contributed by atoms with E-state index in [1.807, 2.05) is 28.8 Å². The van der Waals surface area contributed by atoms with Crippen LogP contribution in [0.15, 0.2) is 36.9 Å². The molecule has 0 saturated heterocycles. The van der Waals surface area contributed by atoms with Crippen LogP contribution in [0.2, 0.25) is 5.02 Å². The van der Waals surface area contributed by atoms with Gasteiger partial charge < -0.3 is 5.32 Å². The summed E-state index contributed by atoms with van der Waals surface area (Å²) in [6.07, 6.45) is 6.76. The molecule has 3 heterocycles. The van der Waals surface area contributed by atoms with Crippen molar-refractivity contribution in [3.05, 3.63) is 47.8 Å². The molecule has 6 nitrogen and oxygen atoms in total. The molecule has 0 unspecified atom stereocenters. The third-order valence-electron chi connectivity index (χ3n) is 2.92. The molecule has 102 valence electrons. The van der Waals surface area contributed by atoms with Crippen LogP contribution in [-0.4, -0.2) is 31.1 Å². The molecular weight excluding hydrogens is 276 g/mol. The van der Waals surface area contributed by atoms with Gasteiger partial charge in [0.05, 0.1) is 6.20 Å². The van der Waals surface area contributed by atoms with Gasteiger partial charge in [0, 0.05) is 19.2 Å². The average molecular weight is 289 g/mol. The van der Waals surface area contributed by atoms with Gasteiger partial charge in [0.25, 0.3) is 0 Å². The SMILES string of the molecule is Clc1cncnc1NCCCc1nnc2ccccn12. The second-order valence-corrected chi connectivity index (χ2v) is 4.70. The molecule has 0 fully saturated rings. The van der Waals surface area contributed by atoms with E-state index in [0.29, 0.717) is 10.8 Å². The van der Waals surface area contributed by atoms with Crippen LogP contribution < -0.4 is 5.32 Å². The van der Waals surface area contributed by atoms with Gasteiger partial charge in [-0.15, -0.1) is 10.2 Å². The minimum absolute atomic E-state index is 0.528. The topological polar surface area (TPSA) is 68.0 Å². The summed E-state index contributed by atoms with van der Waals surface area (Å²) < 4.78 is 2.00. The maximum atomic E-state index is 5.97. The minimum atomic E-state index is 0.528. The van der Waals surface area contributed by atoms with Crippen molar-refractivity contribution in [2.75, 3.05) is 11.9 Å². The number of pyridine rings is 1. The van der Waals surface area contributed by atoms with Crippen molar-refractivity contribution in [3.8, 4) is 0 Å². The van der Waals surface area contributed by atoms with Gasteiger partial charge in [-0.05, 0) is 18.6 Å². The highest BCUT2D eigenvalue weighted by Gasteiger charge is 2.04. The molecule has 1 N–H and O–H groups in total. The van der Waals surface area contributed by atoms with Gasteiger partial charge in [0.1, 0.15) is 23.0 Å². The van der Waals surface area contributed by atoms with Crippen molar-refractivity contribution in [2.24, 2.45) is 0 Å². The number of aromatic nitrogens is 5. The van der Waals surface area contributed by atoms with Crippen LogP contribution in [0.5, 0.6) is 0 Å². The lowest BCUT2D eigenvalue weighted by Crippen LogP contribution is -2.06. The molecule has 3 aromatic rings. The van der Waals surface area contributed by atoms with E-state index in [1.165, 1.54) is 6.33 Å². The van der Waals surface area contributed by atoms with Gasteiger partial charge in [-0.1, -0.05) is 17.7 Å². The molecule has 0 spiro atoms. The molecule has 3 rings (SSSR count). The van der Waals surface area contributed by atoms with E-state index in [1.54, 1.807) is 6.20 Å². The Balaban J connectivity index is 1.57. The fourth-order valence-electron chi connectivity index (χ4n) is 1.96. The molecule has 3 aromatic heterocycles. The van der Waals surface area contributed by atoms with E-state index in [-0.39, 0.29) is 0 Å². The first-order chi connectivity index (χ1) is 9.84. The Hall–Kier alpha value is -2.21. The smallest absolute Gasteiger partial charge is 0.160 e. The zero-order valence-corrected chi connectivity index (χ0v) is 11.5. The quantitative estimate of drug-likeness (QED) is 0.729. The summed E-state index contributed by atoms with van der Waals surface area (Å²) in [5.74, 6) is 1.61. The zero-order chi connectivity index (χ0) is 13.8. The number of halogens is 1. The molecule has 0 amide bonds. The van der Waals surface area contributed by atoms with Crippen LogP contribution in [0.25, 0.3) is 5.65 Å². The van der Waals surface area contributed by atoms with Crippen molar-refractivity contribution in [1.82, 2.24) is 24.6 Å². The predicted molar refractivity (Wildman–Crippen MR) is 76.8 cm³/mol. The first kappa shape index (κ1) is 12.8. The fraction of sp³-hybridized carbons (Fsp3) is 0.231. The summed E-state index contributed by atoms with van der Waals surface area (Å²) in [5, 5.41) is 12.0. The molecule has 0 bridgehead atoms. The van der Waals surface area contributed by atoms with Crippen molar-refractivity contribution in [2.45, 2.75) is 12.8 Å². The van der Waals surface area contributed by atoms with E-state index in [9.17, 15) is 0 Å². The Bertz CT molecular complexity index is 711. The van der Waals surface area contributed by atoms with Crippen molar-refractivity contribution >= 4 is 23.1 Å². The van der Waals surface area contributed by atoms with Gasteiger partial charge in [-0.2, -0.15) is 0 Å². The highest BCUT2D eigenvalue weighted by molar-refractivity contribution is 6.32. The largest absolute Gasteiger partial charge is 0.369 e. The Morgan fingerprint density at radius 1 is 1.25 bits per heavy atom. The Morgan fingerprint density at radius 3 is 3.10 bits per heavy atom. The summed E-state index contributed by atoms with van der Waals surface area (Å²) in [7, 11) is 0. The molecule has 0 saturated carbocycles. The number of fused-ring (bicyclic) bond motifs is 1. The molecule has 0 aliphatic carbocycles. The monoisotopic (exact) mass is 288 g/mol. The molecule has 0 radical (unpaired) electrons. The van der Waals surface area contributed by atoms with Crippen molar-refractivity contribution < 1.29 is 0 Å². The standard InChI is InChI=1S/C13H13ClN6/c14-10-8-15-9-17-13(10)16-6-3-5-12-19-18-11-4-1-2-7-20(11)12/h1-2,4,7-9H,3,5-6H2,(H,15,16,17). The molecule has 7 heteroatoms. The van der Waals surface area contributed by atoms with E-state index < -0.39 is 0 Å². The van der Waals surface area contributed by atoms with Gasteiger partial charge in [-0.3, -0.25) is 4.40 Å². The molecule has 0 atom stereocenters. The Kier molecular flexibility index (Phi) is 3.73. The zero-order valence-electron chi connectivity index (χ0n) is 10.7. The lowest BCUT2D eigenvalue weighted by molar-refractivity contribution is 0.786. The molecule has 0 aliphatic rings. The number of nitrogens with zero attached hydrogens (tertiary/aromatic N) is 5. The van der Waals surface area contributed by atoms with Gasteiger partial charge >= 0.3 is 0 Å². The van der Waals surface area contributed by atoms with Gasteiger partial charge in [0.15, 0.2) is 5.65 Å². The lowest BCUT2D eigenvalue weighted by Gasteiger charge is -2.05. The number of hydrogen-bond acceptors (Lipinski definition) is 5. The first-order valence-electron chi connectivity index (χ1n) is 6.32. The lowest BCUT2D eigenvalue weighted by atomic mass is 10.3. The third-order valence-corrected chi connectivity index (χ3v) is 3.20. The number of rotatable bonds is 5. The van der Waals surface area contributed by atoms with Crippen LogP contribution in [0, 0.1) is 0 Å². The Morgan fingerprint density at radius 2 is 2.20 bits per heavy atom. The molecule has 0 aromatic carbocycles. The molecule has 20 heavy (non-hydrogen) atoms. The maximum absolute atomic E-state index is 5.97. The number of aryl methyl sites for hydroxylation is 1. The van der Waals surface area contributed by atoms with Crippen molar-refractivity contribution in [1.29, 1.82) is 0 Å². The van der Waals surface area contributed by atoms with E-state index in [2.05, 4.69) is 25.5 Å². The van der Waals surface area contributed by atoms with E-state index in [0.717, 1.165) is 30.9 Å². The Labute approximate surface area is 120 Å². The van der Waals surface area contributed by atoms with Crippen LogP contribution in [-0.2, 0) is 6.42 Å². The number of anilines is 1. The summed E-state index contributed by atoms with van der Waals surface area (Å²) in [4.78, 5) is 7.92. The summed E-state index contributed by atoms with van der Waals surface area (Å²) in [6, 6.07) is 5.86. The van der Waals surface area contributed by atoms with E-state index in [4.69, 9.17) is 11.6 Å². The van der Waals surface area contributed by atoms with E-state index >= 15 is 0 Å². The normalized spacial score (nSPS) is 10.8. The highest BCUT2D eigenvalue weighted by Crippen LogP contribution is 2.15. The highest BCUT2D eigenvalue weighted by atomic mass is 35.5. The molecular formula is C13H13ClN6. The van der Waals surface area contributed by atoms with Crippen LogP contribution in [0.1, 0.15) is 12.2 Å². The second-order valence-electron chi connectivity index (χ2n) is 4.29. The summed E-state index contributed by atoms with van der Waals surface area (Å²) in [5.41, 5.74) is 0.870. The molecule has 0 aliphatic heterocycles. The summed E-state index contributed by atoms with van der Waals surface area (Å²) >= 11 is 5.97.